The fourth-order valence-electron chi connectivity index (χ4n) is 2.56. The van der Waals surface area contributed by atoms with Gasteiger partial charge in [0.25, 0.3) is 0 Å². The summed E-state index contributed by atoms with van der Waals surface area (Å²) in [5.41, 5.74) is 8.25. The number of hydrogen-bond donors (Lipinski definition) is 1. The van der Waals surface area contributed by atoms with Gasteiger partial charge in [-0.3, -0.25) is 4.98 Å². The van der Waals surface area contributed by atoms with Crippen molar-refractivity contribution in [2.75, 3.05) is 6.54 Å². The Hall–Kier alpha value is -1.09. The maximum atomic E-state index is 6.01. The van der Waals surface area contributed by atoms with E-state index in [1.807, 2.05) is 12.3 Å². The Balaban J connectivity index is 1.86. The van der Waals surface area contributed by atoms with E-state index in [4.69, 9.17) is 10.5 Å². The Morgan fingerprint density at radius 2 is 2.25 bits per heavy atom. The Labute approximate surface area is 96.0 Å². The third kappa shape index (κ3) is 1.59. The molecule has 1 fully saturated rings. The summed E-state index contributed by atoms with van der Waals surface area (Å²) in [4.78, 5) is 4.46. The molecule has 1 aromatic rings. The summed E-state index contributed by atoms with van der Waals surface area (Å²) >= 11 is 0. The Bertz CT molecular complexity index is 388. The molecule has 0 aliphatic heterocycles. The highest BCUT2D eigenvalue weighted by Crippen LogP contribution is 2.37. The Kier molecular flexibility index (Phi) is 2.56. The second-order valence-corrected chi connectivity index (χ2v) is 4.81. The average Bonchev–Trinajstić information content (AvgIpc) is 2.67. The zero-order valence-corrected chi connectivity index (χ0v) is 9.48. The van der Waals surface area contributed by atoms with Gasteiger partial charge in [0.2, 0.25) is 0 Å². The van der Waals surface area contributed by atoms with E-state index in [1.165, 1.54) is 30.5 Å². The molecule has 1 atom stereocenters. The van der Waals surface area contributed by atoms with Gasteiger partial charge in [-0.1, -0.05) is 0 Å². The maximum Gasteiger partial charge on any atom is 0.126 e. The van der Waals surface area contributed by atoms with Crippen LogP contribution in [0.4, 0.5) is 0 Å². The van der Waals surface area contributed by atoms with Crippen LogP contribution < -0.4 is 10.5 Å². The predicted octanol–water partition coefficient (Wildman–Crippen LogP) is 2.00. The zero-order chi connectivity index (χ0) is 11.0. The molecular formula is C13H18N2O. The van der Waals surface area contributed by atoms with Crippen molar-refractivity contribution in [2.24, 2.45) is 5.73 Å². The summed E-state index contributed by atoms with van der Waals surface area (Å²) in [6.45, 7) is 0.701. The minimum absolute atomic E-state index is 0.444. The van der Waals surface area contributed by atoms with Crippen LogP contribution in [0.1, 0.15) is 42.9 Å². The lowest BCUT2D eigenvalue weighted by Crippen LogP contribution is -2.25. The number of nitrogens with two attached hydrogens (primary N) is 1. The Morgan fingerprint density at radius 1 is 1.38 bits per heavy atom. The summed E-state index contributed by atoms with van der Waals surface area (Å²) in [7, 11) is 0. The van der Waals surface area contributed by atoms with Gasteiger partial charge in [-0.15, -0.1) is 0 Å². The maximum absolute atomic E-state index is 6.01. The SMILES string of the molecule is NC[C@H]1CCc2c(OC3CCC3)ccnc21. The van der Waals surface area contributed by atoms with Gasteiger partial charge in [0, 0.05) is 24.2 Å². The molecule has 3 nitrogen and oxygen atoms in total. The highest BCUT2D eigenvalue weighted by Gasteiger charge is 2.27. The van der Waals surface area contributed by atoms with Crippen molar-refractivity contribution in [3.63, 3.8) is 0 Å². The number of nitrogens with zero attached hydrogens (tertiary/aromatic N) is 1. The molecule has 0 saturated heterocycles. The molecule has 0 radical (unpaired) electrons. The molecule has 0 aromatic carbocycles. The number of ether oxygens (including phenoxy) is 1. The smallest absolute Gasteiger partial charge is 0.126 e. The van der Waals surface area contributed by atoms with E-state index < -0.39 is 0 Å². The zero-order valence-electron chi connectivity index (χ0n) is 9.48. The molecule has 0 spiro atoms. The van der Waals surface area contributed by atoms with E-state index in [2.05, 4.69) is 4.98 Å². The molecule has 0 amide bonds. The number of rotatable bonds is 3. The summed E-state index contributed by atoms with van der Waals surface area (Å²) in [5, 5.41) is 0. The van der Waals surface area contributed by atoms with Gasteiger partial charge in [-0.25, -0.2) is 0 Å². The van der Waals surface area contributed by atoms with Crippen molar-refractivity contribution in [3.8, 4) is 5.75 Å². The van der Waals surface area contributed by atoms with E-state index in [0.29, 0.717) is 18.6 Å². The van der Waals surface area contributed by atoms with E-state index >= 15 is 0 Å². The average molecular weight is 218 g/mol. The molecule has 2 N–H and O–H groups in total. The molecule has 86 valence electrons. The molecule has 2 aliphatic carbocycles. The van der Waals surface area contributed by atoms with E-state index in [1.54, 1.807) is 0 Å². The van der Waals surface area contributed by atoms with Gasteiger partial charge in [0.15, 0.2) is 0 Å². The largest absolute Gasteiger partial charge is 0.490 e. The summed E-state index contributed by atoms with van der Waals surface area (Å²) in [6.07, 6.45) is 8.24. The fraction of sp³-hybridized carbons (Fsp3) is 0.615. The van der Waals surface area contributed by atoms with Gasteiger partial charge in [0.05, 0.1) is 11.8 Å². The first-order valence-electron chi connectivity index (χ1n) is 6.23. The number of aromatic nitrogens is 1. The van der Waals surface area contributed by atoms with Crippen LogP contribution in [0, 0.1) is 0 Å². The quantitative estimate of drug-likeness (QED) is 0.844. The minimum atomic E-state index is 0.444. The van der Waals surface area contributed by atoms with Crippen molar-refractivity contribution < 1.29 is 4.74 Å². The monoisotopic (exact) mass is 218 g/mol. The van der Waals surface area contributed by atoms with Gasteiger partial charge in [-0.05, 0) is 38.2 Å². The van der Waals surface area contributed by atoms with Crippen LogP contribution >= 0.6 is 0 Å². The lowest BCUT2D eigenvalue weighted by atomic mass is 9.96. The van der Waals surface area contributed by atoms with Gasteiger partial charge in [0.1, 0.15) is 5.75 Å². The fourth-order valence-corrected chi connectivity index (χ4v) is 2.56. The van der Waals surface area contributed by atoms with Crippen molar-refractivity contribution in [1.82, 2.24) is 4.98 Å². The highest BCUT2D eigenvalue weighted by molar-refractivity contribution is 5.41. The normalized spacial score (nSPS) is 23.9. The molecule has 0 unspecified atom stereocenters. The van der Waals surface area contributed by atoms with E-state index in [9.17, 15) is 0 Å². The second-order valence-electron chi connectivity index (χ2n) is 4.81. The highest BCUT2D eigenvalue weighted by atomic mass is 16.5. The van der Waals surface area contributed by atoms with Crippen molar-refractivity contribution in [2.45, 2.75) is 44.1 Å². The lowest BCUT2D eigenvalue weighted by molar-refractivity contribution is 0.119. The minimum Gasteiger partial charge on any atom is -0.490 e. The number of pyridine rings is 1. The lowest BCUT2D eigenvalue weighted by Gasteiger charge is -2.27. The first-order chi connectivity index (χ1) is 7.88. The molecule has 1 saturated carbocycles. The molecule has 2 aliphatic rings. The molecule has 3 heteroatoms. The first-order valence-corrected chi connectivity index (χ1v) is 6.23. The third-order valence-corrected chi connectivity index (χ3v) is 3.81. The van der Waals surface area contributed by atoms with Gasteiger partial charge in [-0.2, -0.15) is 0 Å². The van der Waals surface area contributed by atoms with E-state index in [0.717, 1.165) is 18.6 Å². The predicted molar refractivity (Wildman–Crippen MR) is 62.6 cm³/mol. The topological polar surface area (TPSA) is 48.1 Å². The van der Waals surface area contributed by atoms with Crippen LogP contribution in [-0.2, 0) is 6.42 Å². The third-order valence-electron chi connectivity index (χ3n) is 3.81. The number of hydrogen-bond acceptors (Lipinski definition) is 3. The summed E-state index contributed by atoms with van der Waals surface area (Å²) in [5.74, 6) is 1.51. The van der Waals surface area contributed by atoms with E-state index in [-0.39, 0.29) is 0 Å². The van der Waals surface area contributed by atoms with Crippen LogP contribution in [0.2, 0.25) is 0 Å². The van der Waals surface area contributed by atoms with Crippen LogP contribution in [0.3, 0.4) is 0 Å². The second kappa shape index (κ2) is 4.06. The van der Waals surface area contributed by atoms with Gasteiger partial charge < -0.3 is 10.5 Å². The standard InChI is InChI=1S/C13H18N2O/c14-8-9-4-5-11-12(6-7-15-13(9)11)16-10-2-1-3-10/h6-7,9-10H,1-5,8,14H2/t9-/m1/s1. The van der Waals surface area contributed by atoms with Crippen molar-refractivity contribution >= 4 is 0 Å². The van der Waals surface area contributed by atoms with Crippen LogP contribution in [-0.4, -0.2) is 17.6 Å². The van der Waals surface area contributed by atoms with Crippen molar-refractivity contribution in [3.05, 3.63) is 23.5 Å². The van der Waals surface area contributed by atoms with Crippen molar-refractivity contribution in [1.29, 1.82) is 0 Å². The number of fused-ring (bicyclic) bond motifs is 1. The summed E-state index contributed by atoms with van der Waals surface area (Å²) < 4.78 is 6.01. The molecule has 0 bridgehead atoms. The van der Waals surface area contributed by atoms with Crippen LogP contribution in [0.15, 0.2) is 12.3 Å². The summed E-state index contributed by atoms with van der Waals surface area (Å²) in [6, 6.07) is 2.01. The molecular weight excluding hydrogens is 200 g/mol. The molecule has 1 aromatic heterocycles. The molecule has 16 heavy (non-hydrogen) atoms. The van der Waals surface area contributed by atoms with Crippen LogP contribution in [0.25, 0.3) is 0 Å². The van der Waals surface area contributed by atoms with Crippen LogP contribution in [0.5, 0.6) is 5.75 Å². The Morgan fingerprint density at radius 3 is 2.94 bits per heavy atom. The molecule has 3 rings (SSSR count). The first kappa shape index (κ1) is 10.1. The molecule has 1 heterocycles. The van der Waals surface area contributed by atoms with Gasteiger partial charge >= 0.3 is 0 Å².